The van der Waals surface area contributed by atoms with Crippen LogP contribution in [0.3, 0.4) is 0 Å². The van der Waals surface area contributed by atoms with Crippen LogP contribution in [0.5, 0.6) is 0 Å². The summed E-state index contributed by atoms with van der Waals surface area (Å²) in [7, 11) is 0. The molecule has 1 aromatic rings. The Morgan fingerprint density at radius 2 is 2.33 bits per heavy atom. The Bertz CT molecular complexity index is 463. The number of nitrogens with zero attached hydrogens (tertiary/aromatic N) is 3. The normalized spacial score (nSPS) is 23.4. The van der Waals surface area contributed by atoms with Gasteiger partial charge in [-0.2, -0.15) is 0 Å². The molecular weight excluding hydrogens is 232 g/mol. The third-order valence-electron chi connectivity index (χ3n) is 3.53. The fraction of sp³-hybridized carbons (Fsp3) is 0.583. The van der Waals surface area contributed by atoms with Gasteiger partial charge in [0.25, 0.3) is 5.69 Å². The topological polar surface area (TPSA) is 85.3 Å². The minimum Gasteiger partial charge on any atom is -0.354 e. The van der Waals surface area contributed by atoms with Gasteiger partial charge in [-0.05, 0) is 38.8 Å². The van der Waals surface area contributed by atoms with Gasteiger partial charge in [0.1, 0.15) is 11.5 Å². The molecule has 2 rings (SSSR count). The van der Waals surface area contributed by atoms with Gasteiger partial charge < -0.3 is 10.6 Å². The number of nitrogens with two attached hydrogens (primary N) is 1. The smallest absolute Gasteiger partial charge is 0.290 e. The molecule has 0 radical (unpaired) electrons. The number of hydrogen-bond donors (Lipinski definition) is 1. The second-order valence-corrected chi connectivity index (χ2v) is 4.87. The molecule has 2 N–H and O–H groups in total. The molecule has 1 fully saturated rings. The maximum absolute atomic E-state index is 10.8. The average Bonchev–Trinajstić information content (AvgIpc) is 2.70. The molecule has 1 aromatic heterocycles. The molecule has 2 heterocycles. The van der Waals surface area contributed by atoms with Crippen molar-refractivity contribution in [2.75, 3.05) is 18.0 Å². The van der Waals surface area contributed by atoms with Crippen molar-refractivity contribution in [2.45, 2.75) is 26.3 Å². The minimum atomic E-state index is -0.401. The van der Waals surface area contributed by atoms with Crippen LogP contribution in [0.25, 0.3) is 0 Å². The molecule has 1 saturated heterocycles. The second-order valence-electron chi connectivity index (χ2n) is 4.87. The second kappa shape index (κ2) is 4.89. The van der Waals surface area contributed by atoms with Crippen molar-refractivity contribution in [3.63, 3.8) is 0 Å². The molecule has 1 aliphatic heterocycles. The summed E-state index contributed by atoms with van der Waals surface area (Å²) >= 11 is 0. The van der Waals surface area contributed by atoms with Crippen LogP contribution in [-0.4, -0.2) is 29.0 Å². The molecule has 18 heavy (non-hydrogen) atoms. The SMILES string of the molecule is Cc1nc(N2CC(CN)CC2C)ccc1[N+](=O)[O-]. The number of rotatable bonds is 3. The number of anilines is 1. The molecule has 6 nitrogen and oxygen atoms in total. The first kappa shape index (κ1) is 12.8. The van der Waals surface area contributed by atoms with Gasteiger partial charge in [-0.3, -0.25) is 10.1 Å². The zero-order chi connectivity index (χ0) is 13.3. The van der Waals surface area contributed by atoms with Gasteiger partial charge in [0.05, 0.1) is 4.92 Å². The van der Waals surface area contributed by atoms with Gasteiger partial charge in [-0.25, -0.2) is 4.98 Å². The number of aromatic nitrogens is 1. The minimum absolute atomic E-state index is 0.0703. The summed E-state index contributed by atoms with van der Waals surface area (Å²) in [5.74, 6) is 1.29. The van der Waals surface area contributed by atoms with Gasteiger partial charge in [-0.15, -0.1) is 0 Å². The molecule has 0 bridgehead atoms. The van der Waals surface area contributed by atoms with Gasteiger partial charge in [-0.1, -0.05) is 0 Å². The molecular formula is C12H18N4O2. The van der Waals surface area contributed by atoms with Crippen LogP contribution in [0.2, 0.25) is 0 Å². The van der Waals surface area contributed by atoms with Crippen molar-refractivity contribution in [3.8, 4) is 0 Å². The Morgan fingerprint density at radius 1 is 1.61 bits per heavy atom. The first-order valence-corrected chi connectivity index (χ1v) is 6.11. The maximum Gasteiger partial charge on any atom is 0.290 e. The first-order valence-electron chi connectivity index (χ1n) is 6.11. The van der Waals surface area contributed by atoms with E-state index in [4.69, 9.17) is 5.73 Å². The Labute approximate surface area is 106 Å². The van der Waals surface area contributed by atoms with Crippen molar-refractivity contribution >= 4 is 11.5 Å². The van der Waals surface area contributed by atoms with Crippen molar-refractivity contribution in [2.24, 2.45) is 11.7 Å². The summed E-state index contributed by atoms with van der Waals surface area (Å²) in [6.45, 7) is 5.35. The number of hydrogen-bond acceptors (Lipinski definition) is 5. The highest BCUT2D eigenvalue weighted by Crippen LogP contribution is 2.29. The van der Waals surface area contributed by atoms with Gasteiger partial charge in [0.15, 0.2) is 0 Å². The van der Waals surface area contributed by atoms with Crippen molar-refractivity contribution in [3.05, 3.63) is 27.9 Å². The first-order chi connectivity index (χ1) is 8.52. The lowest BCUT2D eigenvalue weighted by Crippen LogP contribution is -2.28. The molecule has 0 aliphatic carbocycles. The lowest BCUT2D eigenvalue weighted by molar-refractivity contribution is -0.385. The Hall–Kier alpha value is -1.69. The van der Waals surface area contributed by atoms with Crippen molar-refractivity contribution in [1.82, 2.24) is 4.98 Å². The number of aryl methyl sites for hydroxylation is 1. The number of nitro groups is 1. The summed E-state index contributed by atoms with van der Waals surface area (Å²) in [4.78, 5) is 16.9. The number of pyridine rings is 1. The van der Waals surface area contributed by atoms with E-state index in [1.807, 2.05) is 0 Å². The summed E-state index contributed by atoms with van der Waals surface area (Å²) in [5, 5.41) is 10.8. The van der Waals surface area contributed by atoms with Gasteiger partial charge in [0.2, 0.25) is 0 Å². The predicted octanol–water partition coefficient (Wildman–Crippen LogP) is 1.47. The molecule has 1 aliphatic rings. The van der Waals surface area contributed by atoms with Gasteiger partial charge >= 0.3 is 0 Å². The standard InChI is InChI=1S/C12H18N4O2/c1-8-5-10(6-13)7-15(8)12-4-3-11(16(17)18)9(2)14-12/h3-4,8,10H,5-7,13H2,1-2H3. The van der Waals surface area contributed by atoms with E-state index in [2.05, 4.69) is 16.8 Å². The van der Waals surface area contributed by atoms with E-state index in [1.165, 1.54) is 6.07 Å². The third kappa shape index (κ3) is 2.28. The van der Waals surface area contributed by atoms with Crippen LogP contribution in [-0.2, 0) is 0 Å². The summed E-state index contributed by atoms with van der Waals surface area (Å²) in [5.41, 5.74) is 6.22. The van der Waals surface area contributed by atoms with Crippen molar-refractivity contribution in [1.29, 1.82) is 0 Å². The summed E-state index contributed by atoms with van der Waals surface area (Å²) < 4.78 is 0. The van der Waals surface area contributed by atoms with Crippen LogP contribution < -0.4 is 10.6 Å². The Morgan fingerprint density at radius 3 is 2.83 bits per heavy atom. The van der Waals surface area contributed by atoms with Crippen LogP contribution in [0.1, 0.15) is 19.0 Å². The lowest BCUT2D eigenvalue weighted by Gasteiger charge is -2.22. The van der Waals surface area contributed by atoms with Gasteiger partial charge in [0, 0.05) is 18.7 Å². The maximum atomic E-state index is 10.8. The van der Waals surface area contributed by atoms with E-state index < -0.39 is 4.92 Å². The van der Waals surface area contributed by atoms with Crippen molar-refractivity contribution < 1.29 is 4.92 Å². The van der Waals surface area contributed by atoms with Crippen LogP contribution in [0.4, 0.5) is 11.5 Å². The largest absolute Gasteiger partial charge is 0.354 e. The van der Waals surface area contributed by atoms with E-state index >= 15 is 0 Å². The predicted molar refractivity (Wildman–Crippen MR) is 69.6 cm³/mol. The average molecular weight is 250 g/mol. The van der Waals surface area contributed by atoms with E-state index in [9.17, 15) is 10.1 Å². The monoisotopic (exact) mass is 250 g/mol. The molecule has 0 amide bonds. The highest BCUT2D eigenvalue weighted by atomic mass is 16.6. The highest BCUT2D eigenvalue weighted by Gasteiger charge is 2.29. The Balaban J connectivity index is 2.24. The zero-order valence-corrected chi connectivity index (χ0v) is 10.7. The van der Waals surface area contributed by atoms with Crippen LogP contribution in [0, 0.1) is 23.0 Å². The molecule has 2 unspecified atom stereocenters. The molecule has 2 atom stereocenters. The zero-order valence-electron chi connectivity index (χ0n) is 10.7. The van der Waals surface area contributed by atoms with E-state index in [0.29, 0.717) is 24.2 Å². The molecule has 6 heteroatoms. The lowest BCUT2D eigenvalue weighted by atomic mass is 10.1. The highest BCUT2D eigenvalue weighted by molar-refractivity contribution is 5.48. The molecule has 0 saturated carbocycles. The Kier molecular flexibility index (Phi) is 3.47. The summed E-state index contributed by atoms with van der Waals surface area (Å²) in [6.07, 6.45) is 1.05. The third-order valence-corrected chi connectivity index (χ3v) is 3.53. The van der Waals surface area contributed by atoms with E-state index in [1.54, 1.807) is 13.0 Å². The summed E-state index contributed by atoms with van der Waals surface area (Å²) in [6, 6.07) is 3.63. The van der Waals surface area contributed by atoms with E-state index in [-0.39, 0.29) is 5.69 Å². The molecule has 0 spiro atoms. The fourth-order valence-electron chi connectivity index (χ4n) is 2.53. The van der Waals surface area contributed by atoms with Crippen LogP contribution in [0.15, 0.2) is 12.1 Å². The van der Waals surface area contributed by atoms with Crippen LogP contribution >= 0.6 is 0 Å². The van der Waals surface area contributed by atoms with E-state index in [0.717, 1.165) is 18.8 Å². The fourth-order valence-corrected chi connectivity index (χ4v) is 2.53. The molecule has 0 aromatic carbocycles. The quantitative estimate of drug-likeness (QED) is 0.648. The molecule has 98 valence electrons.